The molecule has 0 aliphatic rings. The molecule has 0 saturated heterocycles. The fourth-order valence-corrected chi connectivity index (χ4v) is 3.28. The lowest BCUT2D eigenvalue weighted by Crippen LogP contribution is -1.96. The van der Waals surface area contributed by atoms with E-state index in [1.807, 2.05) is 25.3 Å². The van der Waals surface area contributed by atoms with Crippen molar-refractivity contribution in [3.05, 3.63) is 45.7 Å². The molecule has 2 aromatic heterocycles. The van der Waals surface area contributed by atoms with Crippen molar-refractivity contribution in [2.24, 2.45) is 0 Å². The standard InChI is InChI=1S/C15H12ClFN2S/c1-3-9-6-10(17)7-11-12(9)18-15(19-14(11)16)13-8(2)4-5-20-13/h4-7H,3H2,1-2H3. The van der Waals surface area contributed by atoms with Gasteiger partial charge in [-0.2, -0.15) is 0 Å². The number of benzene rings is 1. The Morgan fingerprint density at radius 1 is 1.30 bits per heavy atom. The van der Waals surface area contributed by atoms with Crippen molar-refractivity contribution in [3.63, 3.8) is 0 Å². The number of hydrogen-bond donors (Lipinski definition) is 0. The molecule has 0 N–H and O–H groups in total. The zero-order valence-corrected chi connectivity index (χ0v) is 12.6. The number of hydrogen-bond acceptors (Lipinski definition) is 3. The second-order valence-electron chi connectivity index (χ2n) is 4.59. The molecule has 0 aliphatic carbocycles. The van der Waals surface area contributed by atoms with Crippen LogP contribution in [0, 0.1) is 12.7 Å². The molecule has 102 valence electrons. The number of halogens is 2. The second kappa shape index (κ2) is 5.11. The monoisotopic (exact) mass is 306 g/mol. The van der Waals surface area contributed by atoms with Gasteiger partial charge in [0, 0.05) is 5.39 Å². The van der Waals surface area contributed by atoms with E-state index in [1.165, 1.54) is 12.1 Å². The van der Waals surface area contributed by atoms with E-state index in [4.69, 9.17) is 11.6 Å². The van der Waals surface area contributed by atoms with Crippen LogP contribution >= 0.6 is 22.9 Å². The highest BCUT2D eigenvalue weighted by molar-refractivity contribution is 7.13. The lowest BCUT2D eigenvalue weighted by molar-refractivity contribution is 0.627. The normalized spacial score (nSPS) is 11.2. The summed E-state index contributed by atoms with van der Waals surface area (Å²) < 4.78 is 13.6. The summed E-state index contributed by atoms with van der Waals surface area (Å²) in [6.07, 6.45) is 0.699. The van der Waals surface area contributed by atoms with E-state index in [0.717, 1.165) is 21.5 Å². The molecule has 0 atom stereocenters. The van der Waals surface area contributed by atoms with Crippen LogP contribution in [-0.2, 0) is 6.42 Å². The largest absolute Gasteiger partial charge is 0.227 e. The first-order valence-electron chi connectivity index (χ1n) is 6.30. The van der Waals surface area contributed by atoms with Crippen LogP contribution in [0.1, 0.15) is 18.1 Å². The van der Waals surface area contributed by atoms with Crippen LogP contribution in [0.4, 0.5) is 4.39 Å². The van der Waals surface area contributed by atoms with Crippen LogP contribution < -0.4 is 0 Å². The quantitative estimate of drug-likeness (QED) is 0.621. The lowest BCUT2D eigenvalue weighted by atomic mass is 10.1. The van der Waals surface area contributed by atoms with E-state index in [2.05, 4.69) is 9.97 Å². The van der Waals surface area contributed by atoms with Crippen molar-refractivity contribution in [3.8, 4) is 10.7 Å². The van der Waals surface area contributed by atoms with Gasteiger partial charge in [-0.15, -0.1) is 11.3 Å². The maximum atomic E-state index is 13.6. The third-order valence-electron chi connectivity index (χ3n) is 3.24. The Morgan fingerprint density at radius 3 is 2.75 bits per heavy atom. The van der Waals surface area contributed by atoms with Crippen LogP contribution in [0.25, 0.3) is 21.6 Å². The van der Waals surface area contributed by atoms with Gasteiger partial charge in [0.2, 0.25) is 0 Å². The number of rotatable bonds is 2. The van der Waals surface area contributed by atoms with Gasteiger partial charge in [0.15, 0.2) is 5.82 Å². The summed E-state index contributed by atoms with van der Waals surface area (Å²) in [5, 5.41) is 2.87. The molecule has 0 saturated carbocycles. The fourth-order valence-electron chi connectivity index (χ4n) is 2.20. The third kappa shape index (κ3) is 2.19. The van der Waals surface area contributed by atoms with Gasteiger partial charge in [0.05, 0.1) is 10.4 Å². The van der Waals surface area contributed by atoms with Crippen LogP contribution in [0.15, 0.2) is 23.6 Å². The first-order valence-corrected chi connectivity index (χ1v) is 7.56. The molecule has 0 bridgehead atoms. The summed E-state index contributed by atoms with van der Waals surface area (Å²) in [7, 11) is 0. The zero-order valence-electron chi connectivity index (χ0n) is 11.1. The highest BCUT2D eigenvalue weighted by atomic mass is 35.5. The van der Waals surface area contributed by atoms with Gasteiger partial charge in [-0.1, -0.05) is 18.5 Å². The van der Waals surface area contributed by atoms with Gasteiger partial charge in [0.25, 0.3) is 0 Å². The van der Waals surface area contributed by atoms with Crippen LogP contribution in [0.2, 0.25) is 5.15 Å². The van der Waals surface area contributed by atoms with Gasteiger partial charge >= 0.3 is 0 Å². The molecular formula is C15H12ClFN2S. The first kappa shape index (κ1) is 13.5. The van der Waals surface area contributed by atoms with Gasteiger partial charge in [-0.25, -0.2) is 14.4 Å². The minimum atomic E-state index is -0.306. The van der Waals surface area contributed by atoms with E-state index < -0.39 is 0 Å². The molecule has 2 nitrogen and oxygen atoms in total. The molecule has 5 heteroatoms. The topological polar surface area (TPSA) is 25.8 Å². The molecule has 1 aromatic carbocycles. The van der Waals surface area contributed by atoms with Gasteiger partial charge < -0.3 is 0 Å². The molecule has 20 heavy (non-hydrogen) atoms. The SMILES string of the molecule is CCc1cc(F)cc2c(Cl)nc(-c3sccc3C)nc12. The number of nitrogens with zero attached hydrogens (tertiary/aromatic N) is 2. The predicted octanol–water partition coefficient (Wildman–Crippen LogP) is 5.02. The van der Waals surface area contributed by atoms with Gasteiger partial charge in [0.1, 0.15) is 11.0 Å². The summed E-state index contributed by atoms with van der Waals surface area (Å²) in [5.41, 5.74) is 2.70. The predicted molar refractivity (Wildman–Crippen MR) is 81.9 cm³/mol. The van der Waals surface area contributed by atoms with E-state index in [0.29, 0.717) is 22.8 Å². The van der Waals surface area contributed by atoms with Crippen molar-refractivity contribution in [2.75, 3.05) is 0 Å². The summed E-state index contributed by atoms with van der Waals surface area (Å²) in [4.78, 5) is 9.92. The molecule has 0 aliphatic heterocycles. The van der Waals surface area contributed by atoms with Crippen LogP contribution in [0.5, 0.6) is 0 Å². The number of aryl methyl sites for hydroxylation is 2. The molecule has 0 spiro atoms. The number of fused-ring (bicyclic) bond motifs is 1. The molecule has 3 rings (SSSR count). The molecule has 2 heterocycles. The molecule has 0 radical (unpaired) electrons. The highest BCUT2D eigenvalue weighted by Gasteiger charge is 2.14. The minimum Gasteiger partial charge on any atom is -0.227 e. The van der Waals surface area contributed by atoms with Crippen molar-refractivity contribution in [2.45, 2.75) is 20.3 Å². The Labute approximate surface area is 125 Å². The van der Waals surface area contributed by atoms with E-state index >= 15 is 0 Å². The average molecular weight is 307 g/mol. The Balaban J connectivity index is 2.33. The maximum absolute atomic E-state index is 13.6. The average Bonchev–Trinajstić information content (AvgIpc) is 2.85. The van der Waals surface area contributed by atoms with E-state index in [-0.39, 0.29) is 5.82 Å². The van der Waals surface area contributed by atoms with Crippen molar-refractivity contribution < 1.29 is 4.39 Å². The van der Waals surface area contributed by atoms with Gasteiger partial charge in [-0.3, -0.25) is 0 Å². The Morgan fingerprint density at radius 2 is 2.10 bits per heavy atom. The van der Waals surface area contributed by atoms with Crippen molar-refractivity contribution >= 4 is 33.8 Å². The van der Waals surface area contributed by atoms with Gasteiger partial charge in [-0.05, 0) is 48.1 Å². The lowest BCUT2D eigenvalue weighted by Gasteiger charge is -2.08. The summed E-state index contributed by atoms with van der Waals surface area (Å²) in [6, 6.07) is 4.92. The Hall–Kier alpha value is -1.52. The molecule has 3 aromatic rings. The second-order valence-corrected chi connectivity index (χ2v) is 5.86. The van der Waals surface area contributed by atoms with E-state index in [9.17, 15) is 4.39 Å². The summed E-state index contributed by atoms with van der Waals surface area (Å²) in [6.45, 7) is 3.99. The maximum Gasteiger partial charge on any atom is 0.171 e. The number of thiophene rings is 1. The Bertz CT molecular complexity index is 798. The summed E-state index contributed by atoms with van der Waals surface area (Å²) >= 11 is 7.80. The summed E-state index contributed by atoms with van der Waals surface area (Å²) in [5.74, 6) is 0.302. The van der Waals surface area contributed by atoms with Crippen LogP contribution in [-0.4, -0.2) is 9.97 Å². The third-order valence-corrected chi connectivity index (χ3v) is 4.54. The number of aromatic nitrogens is 2. The zero-order chi connectivity index (χ0) is 14.3. The van der Waals surface area contributed by atoms with Crippen LogP contribution in [0.3, 0.4) is 0 Å². The van der Waals surface area contributed by atoms with Crippen molar-refractivity contribution in [1.82, 2.24) is 9.97 Å². The molecule has 0 unspecified atom stereocenters. The smallest absolute Gasteiger partial charge is 0.171 e. The molecule has 0 fully saturated rings. The minimum absolute atomic E-state index is 0.298. The van der Waals surface area contributed by atoms with E-state index in [1.54, 1.807) is 11.3 Å². The molecular weight excluding hydrogens is 295 g/mol. The first-order chi connectivity index (χ1) is 9.60. The fraction of sp³-hybridized carbons (Fsp3) is 0.200. The van der Waals surface area contributed by atoms with Crippen molar-refractivity contribution in [1.29, 1.82) is 0 Å². The highest BCUT2D eigenvalue weighted by Crippen LogP contribution is 2.31. The Kier molecular flexibility index (Phi) is 3.44. The molecule has 0 amide bonds.